The number of carboxylic acid groups (broad SMARTS) is 1. The molecule has 4 unspecified atom stereocenters. The highest BCUT2D eigenvalue weighted by Gasteiger charge is 2.31. The van der Waals surface area contributed by atoms with Crippen LogP contribution in [0.1, 0.15) is 45.2 Å². The molecule has 0 saturated carbocycles. The molecule has 1 rings (SSSR count). The van der Waals surface area contributed by atoms with Gasteiger partial charge in [-0.25, -0.2) is 9.78 Å². The Kier molecular flexibility index (Phi) is 13.2. The first kappa shape index (κ1) is 31.8. The molecule has 0 aliphatic heterocycles. The van der Waals surface area contributed by atoms with Crippen LogP contribution in [0.4, 0.5) is 0 Å². The SMILES string of the molecule is CC(C)CC(NC(=O)C(N)CCCN=C(N)N)C(=O)NC(Cc1cnc[nH]1)C(=O)NC(CC(N)=O)C(=O)O. The Labute approximate surface area is 219 Å². The lowest BCUT2D eigenvalue weighted by Crippen LogP contribution is -2.58. The fourth-order valence-corrected chi connectivity index (χ4v) is 3.40. The van der Waals surface area contributed by atoms with Crippen LogP contribution in [-0.2, 0) is 30.4 Å². The van der Waals surface area contributed by atoms with Gasteiger partial charge < -0.3 is 49.0 Å². The van der Waals surface area contributed by atoms with Crippen LogP contribution in [0.2, 0.25) is 0 Å². The van der Waals surface area contributed by atoms with Crippen molar-refractivity contribution < 1.29 is 29.1 Å². The summed E-state index contributed by atoms with van der Waals surface area (Å²) in [6.45, 7) is 3.98. The summed E-state index contributed by atoms with van der Waals surface area (Å²) in [7, 11) is 0. The van der Waals surface area contributed by atoms with Gasteiger partial charge in [0.25, 0.3) is 0 Å². The maximum absolute atomic E-state index is 13.2. The summed E-state index contributed by atoms with van der Waals surface area (Å²) in [6, 6.07) is -4.83. The van der Waals surface area contributed by atoms with Gasteiger partial charge in [0.1, 0.15) is 18.1 Å². The number of carbonyl (C=O) groups excluding carboxylic acids is 4. The third-order valence-electron chi connectivity index (χ3n) is 5.28. The molecule has 1 aromatic heterocycles. The van der Waals surface area contributed by atoms with E-state index in [0.29, 0.717) is 12.1 Å². The van der Waals surface area contributed by atoms with E-state index in [9.17, 15) is 29.1 Å². The summed E-state index contributed by atoms with van der Waals surface area (Å²) in [5.41, 5.74) is 22.0. The average Bonchev–Trinajstić information content (AvgIpc) is 3.32. The van der Waals surface area contributed by atoms with E-state index >= 15 is 0 Å². The van der Waals surface area contributed by atoms with Crippen LogP contribution in [-0.4, -0.2) is 81.3 Å². The van der Waals surface area contributed by atoms with E-state index in [4.69, 9.17) is 22.9 Å². The van der Waals surface area contributed by atoms with Gasteiger partial charge in [-0.3, -0.25) is 24.2 Å². The number of H-pyrrole nitrogens is 1. The molecule has 0 aliphatic rings. The summed E-state index contributed by atoms with van der Waals surface area (Å²) in [5.74, 6) is -4.61. The number of amides is 4. The molecule has 13 N–H and O–H groups in total. The van der Waals surface area contributed by atoms with Crippen molar-refractivity contribution in [1.82, 2.24) is 25.9 Å². The van der Waals surface area contributed by atoms with Crippen LogP contribution >= 0.6 is 0 Å². The van der Waals surface area contributed by atoms with Gasteiger partial charge in [0.2, 0.25) is 23.6 Å². The summed E-state index contributed by atoms with van der Waals surface area (Å²) in [5, 5.41) is 16.7. The molecule has 212 valence electrons. The van der Waals surface area contributed by atoms with Crippen LogP contribution in [0.3, 0.4) is 0 Å². The van der Waals surface area contributed by atoms with Crippen LogP contribution in [0.25, 0.3) is 0 Å². The van der Waals surface area contributed by atoms with Gasteiger partial charge in [0.05, 0.1) is 18.8 Å². The van der Waals surface area contributed by atoms with Crippen molar-refractivity contribution in [2.45, 2.75) is 70.1 Å². The molecule has 1 aromatic rings. The van der Waals surface area contributed by atoms with Crippen molar-refractivity contribution in [3.63, 3.8) is 0 Å². The number of nitrogens with one attached hydrogen (secondary N) is 4. The smallest absolute Gasteiger partial charge is 0.326 e. The molecule has 0 spiro atoms. The second kappa shape index (κ2) is 15.8. The van der Waals surface area contributed by atoms with Gasteiger partial charge in [-0.1, -0.05) is 13.8 Å². The van der Waals surface area contributed by atoms with Crippen LogP contribution in [0.5, 0.6) is 0 Å². The molecule has 16 heteroatoms. The average molecular weight is 539 g/mol. The molecule has 0 aromatic carbocycles. The van der Waals surface area contributed by atoms with Crippen molar-refractivity contribution in [2.24, 2.45) is 33.8 Å². The fourth-order valence-electron chi connectivity index (χ4n) is 3.40. The minimum absolute atomic E-state index is 0.0176. The Morgan fingerprint density at radius 2 is 1.61 bits per heavy atom. The van der Waals surface area contributed by atoms with Gasteiger partial charge >= 0.3 is 5.97 Å². The monoisotopic (exact) mass is 538 g/mol. The molecule has 0 radical (unpaired) electrons. The summed E-state index contributed by atoms with van der Waals surface area (Å²) < 4.78 is 0. The maximum Gasteiger partial charge on any atom is 0.326 e. The summed E-state index contributed by atoms with van der Waals surface area (Å²) in [4.78, 5) is 72.0. The Bertz CT molecular complexity index is 977. The normalized spacial score (nSPS) is 14.0. The van der Waals surface area contributed by atoms with Crippen molar-refractivity contribution in [3.05, 3.63) is 18.2 Å². The van der Waals surface area contributed by atoms with Gasteiger partial charge in [-0.05, 0) is 25.2 Å². The zero-order valence-electron chi connectivity index (χ0n) is 21.5. The number of carboxylic acids is 1. The van der Waals surface area contributed by atoms with Gasteiger partial charge in [0, 0.05) is 24.9 Å². The first-order chi connectivity index (χ1) is 17.8. The number of imidazole rings is 1. The maximum atomic E-state index is 13.2. The Morgan fingerprint density at radius 3 is 2.13 bits per heavy atom. The number of aliphatic carboxylic acids is 1. The molecule has 16 nitrogen and oxygen atoms in total. The molecular weight excluding hydrogens is 500 g/mol. The van der Waals surface area contributed by atoms with Crippen LogP contribution in [0.15, 0.2) is 17.5 Å². The second-order valence-electron chi connectivity index (χ2n) is 9.16. The lowest BCUT2D eigenvalue weighted by molar-refractivity contribution is -0.143. The van der Waals surface area contributed by atoms with Gasteiger partial charge in [0.15, 0.2) is 5.96 Å². The number of carbonyl (C=O) groups is 5. The van der Waals surface area contributed by atoms with E-state index in [0.717, 1.165) is 0 Å². The number of nitrogens with zero attached hydrogens (tertiary/aromatic N) is 2. The number of aliphatic imine (C=N–C) groups is 1. The molecule has 0 fully saturated rings. The second-order valence-corrected chi connectivity index (χ2v) is 9.16. The number of hydrogen-bond acceptors (Lipinski definition) is 8. The number of aromatic nitrogens is 2. The highest BCUT2D eigenvalue weighted by Crippen LogP contribution is 2.08. The fraction of sp³-hybridized carbons (Fsp3) is 0.591. The van der Waals surface area contributed by atoms with E-state index in [1.54, 1.807) is 0 Å². The quantitative estimate of drug-likeness (QED) is 0.0543. The Hall–Kier alpha value is -4.21. The molecule has 4 atom stereocenters. The summed E-state index contributed by atoms with van der Waals surface area (Å²) >= 11 is 0. The number of rotatable bonds is 17. The van der Waals surface area contributed by atoms with Gasteiger partial charge in [-0.2, -0.15) is 0 Å². The van der Waals surface area contributed by atoms with Crippen molar-refractivity contribution in [2.75, 3.05) is 6.54 Å². The number of nitrogens with two attached hydrogens (primary N) is 4. The minimum Gasteiger partial charge on any atom is -0.480 e. The molecule has 4 amide bonds. The zero-order valence-corrected chi connectivity index (χ0v) is 21.5. The topological polar surface area (TPSA) is 287 Å². The van der Waals surface area contributed by atoms with Crippen molar-refractivity contribution in [3.8, 4) is 0 Å². The lowest BCUT2D eigenvalue weighted by Gasteiger charge is -2.25. The number of aromatic amines is 1. The summed E-state index contributed by atoms with van der Waals surface area (Å²) in [6.07, 6.45) is 3.02. The lowest BCUT2D eigenvalue weighted by atomic mass is 10.0. The molecule has 0 bridgehead atoms. The van der Waals surface area contributed by atoms with E-state index in [2.05, 4.69) is 30.9 Å². The third-order valence-corrected chi connectivity index (χ3v) is 5.28. The van der Waals surface area contributed by atoms with E-state index in [1.165, 1.54) is 12.5 Å². The highest BCUT2D eigenvalue weighted by atomic mass is 16.4. The van der Waals surface area contributed by atoms with Crippen LogP contribution in [0, 0.1) is 5.92 Å². The molecule has 0 saturated heterocycles. The predicted molar refractivity (Wildman–Crippen MR) is 137 cm³/mol. The van der Waals surface area contributed by atoms with Crippen molar-refractivity contribution >= 4 is 35.6 Å². The Morgan fingerprint density at radius 1 is 1.00 bits per heavy atom. The molecule has 1 heterocycles. The first-order valence-corrected chi connectivity index (χ1v) is 12.0. The van der Waals surface area contributed by atoms with E-state index < -0.39 is 60.2 Å². The third kappa shape index (κ3) is 12.2. The zero-order chi connectivity index (χ0) is 28.8. The number of hydrogen-bond donors (Lipinski definition) is 9. The molecule has 0 aliphatic carbocycles. The number of guanidine groups is 1. The molecular formula is C22H38N10O6. The van der Waals surface area contributed by atoms with E-state index in [-0.39, 0.29) is 37.7 Å². The predicted octanol–water partition coefficient (Wildman–Crippen LogP) is -3.21. The highest BCUT2D eigenvalue weighted by molar-refractivity contribution is 5.95. The standard InChI is InChI=1S/C22H38N10O6/c1-11(2)6-14(30-18(34)13(23)4-3-5-28-22(25)26)19(35)31-15(7-12-9-27-10-29-12)20(36)32-16(21(37)38)8-17(24)33/h9-11,13-16H,3-8,23H2,1-2H3,(H2,24,33)(H,27,29)(H,30,34)(H,31,35)(H,32,36)(H,37,38)(H4,25,26,28). The van der Waals surface area contributed by atoms with Crippen LogP contribution < -0.4 is 38.9 Å². The largest absolute Gasteiger partial charge is 0.480 e. The number of primary amides is 1. The Balaban J connectivity index is 3.00. The minimum atomic E-state index is -1.59. The van der Waals surface area contributed by atoms with Gasteiger partial charge in [-0.15, -0.1) is 0 Å². The van der Waals surface area contributed by atoms with E-state index in [1.807, 2.05) is 13.8 Å². The van der Waals surface area contributed by atoms with Crippen molar-refractivity contribution in [1.29, 1.82) is 0 Å². The molecule has 38 heavy (non-hydrogen) atoms. The first-order valence-electron chi connectivity index (χ1n) is 12.0.